The van der Waals surface area contributed by atoms with E-state index in [1.807, 2.05) is 12.1 Å². The van der Waals surface area contributed by atoms with Crippen LogP contribution in [0.3, 0.4) is 0 Å². The van der Waals surface area contributed by atoms with E-state index in [2.05, 4.69) is 29.8 Å². The highest BCUT2D eigenvalue weighted by molar-refractivity contribution is 9.10. The second kappa shape index (κ2) is 6.87. The number of benzene rings is 1. The Morgan fingerprint density at radius 1 is 1.35 bits per heavy atom. The number of nitrogens with two attached hydrogens (primary N) is 1. The van der Waals surface area contributed by atoms with Crippen molar-refractivity contribution in [1.82, 2.24) is 0 Å². The molecule has 0 aliphatic rings. The molecule has 2 N–H and O–H groups in total. The Balaban J connectivity index is 3.04. The van der Waals surface area contributed by atoms with Crippen molar-refractivity contribution in [3.8, 4) is 11.5 Å². The zero-order valence-corrected chi connectivity index (χ0v) is 12.2. The van der Waals surface area contributed by atoms with Crippen molar-refractivity contribution in [3.63, 3.8) is 0 Å². The predicted octanol–water partition coefficient (Wildman–Crippen LogP) is 3.14. The lowest BCUT2D eigenvalue weighted by Gasteiger charge is -2.17. The number of hydrogen-bond donors (Lipinski definition) is 1. The summed E-state index contributed by atoms with van der Waals surface area (Å²) in [5, 5.41) is 0. The number of rotatable bonds is 6. The lowest BCUT2D eigenvalue weighted by molar-refractivity contribution is 0.215. The third kappa shape index (κ3) is 3.89. The van der Waals surface area contributed by atoms with Crippen LogP contribution >= 0.6 is 15.9 Å². The SMILES string of the molecule is CCC(C)Oc1cc(Br)c(OC)cc1CCN. The molecule has 0 saturated carbocycles. The van der Waals surface area contributed by atoms with E-state index in [-0.39, 0.29) is 6.10 Å². The second-order valence-corrected chi connectivity index (χ2v) is 4.82. The van der Waals surface area contributed by atoms with Crippen LogP contribution in [0.25, 0.3) is 0 Å². The molecule has 3 nitrogen and oxygen atoms in total. The molecule has 4 heteroatoms. The van der Waals surface area contributed by atoms with E-state index in [1.54, 1.807) is 7.11 Å². The van der Waals surface area contributed by atoms with Crippen molar-refractivity contribution in [2.45, 2.75) is 32.8 Å². The molecule has 1 aromatic carbocycles. The molecular formula is C13H20BrNO2. The fourth-order valence-corrected chi connectivity index (χ4v) is 1.98. The maximum absolute atomic E-state index is 5.89. The lowest BCUT2D eigenvalue weighted by atomic mass is 10.1. The third-order valence-electron chi connectivity index (χ3n) is 2.65. The highest BCUT2D eigenvalue weighted by Gasteiger charge is 2.11. The zero-order chi connectivity index (χ0) is 12.8. The van der Waals surface area contributed by atoms with Crippen molar-refractivity contribution in [1.29, 1.82) is 0 Å². The van der Waals surface area contributed by atoms with Crippen molar-refractivity contribution in [3.05, 3.63) is 22.2 Å². The molecule has 17 heavy (non-hydrogen) atoms. The van der Waals surface area contributed by atoms with Crippen LogP contribution in [0.4, 0.5) is 0 Å². The summed E-state index contributed by atoms with van der Waals surface area (Å²) in [6.45, 7) is 4.76. The van der Waals surface area contributed by atoms with Crippen LogP contribution in [-0.2, 0) is 6.42 Å². The van der Waals surface area contributed by atoms with Gasteiger partial charge in [-0.2, -0.15) is 0 Å². The van der Waals surface area contributed by atoms with Gasteiger partial charge in [-0.15, -0.1) is 0 Å². The lowest BCUT2D eigenvalue weighted by Crippen LogP contribution is -2.13. The minimum Gasteiger partial charge on any atom is -0.496 e. The molecule has 0 fully saturated rings. The Hall–Kier alpha value is -0.740. The standard InChI is InChI=1S/C13H20BrNO2/c1-4-9(2)17-12-8-11(14)13(16-3)7-10(12)5-6-15/h7-9H,4-6,15H2,1-3H3. The summed E-state index contributed by atoms with van der Waals surface area (Å²) in [5.74, 6) is 1.70. The van der Waals surface area contributed by atoms with Gasteiger partial charge in [0.15, 0.2) is 0 Å². The summed E-state index contributed by atoms with van der Waals surface area (Å²) >= 11 is 3.47. The highest BCUT2D eigenvalue weighted by Crippen LogP contribution is 2.33. The minimum absolute atomic E-state index is 0.201. The largest absolute Gasteiger partial charge is 0.496 e. The maximum Gasteiger partial charge on any atom is 0.133 e. The molecule has 0 spiro atoms. The fraction of sp³-hybridized carbons (Fsp3) is 0.538. The average molecular weight is 302 g/mol. The van der Waals surface area contributed by atoms with Gasteiger partial charge in [0.05, 0.1) is 17.7 Å². The topological polar surface area (TPSA) is 44.5 Å². The molecule has 1 aromatic rings. The number of hydrogen-bond acceptors (Lipinski definition) is 3. The Morgan fingerprint density at radius 2 is 2.06 bits per heavy atom. The van der Waals surface area contributed by atoms with E-state index >= 15 is 0 Å². The van der Waals surface area contributed by atoms with Crippen LogP contribution in [0.5, 0.6) is 11.5 Å². The summed E-state index contributed by atoms with van der Waals surface area (Å²) in [5.41, 5.74) is 6.70. The molecule has 1 rings (SSSR count). The highest BCUT2D eigenvalue weighted by atomic mass is 79.9. The normalized spacial score (nSPS) is 12.3. The molecule has 0 aromatic heterocycles. The van der Waals surface area contributed by atoms with Crippen LogP contribution in [0, 0.1) is 0 Å². The van der Waals surface area contributed by atoms with Gasteiger partial charge in [0.2, 0.25) is 0 Å². The Kier molecular flexibility index (Phi) is 5.78. The van der Waals surface area contributed by atoms with E-state index in [4.69, 9.17) is 15.2 Å². The predicted molar refractivity (Wildman–Crippen MR) is 73.8 cm³/mol. The molecule has 0 saturated heterocycles. The van der Waals surface area contributed by atoms with E-state index < -0.39 is 0 Å². The number of ether oxygens (including phenoxy) is 2. The summed E-state index contributed by atoms with van der Waals surface area (Å²) in [4.78, 5) is 0. The van der Waals surface area contributed by atoms with Gasteiger partial charge in [-0.1, -0.05) is 6.92 Å². The van der Waals surface area contributed by atoms with Gasteiger partial charge in [0.25, 0.3) is 0 Å². The van der Waals surface area contributed by atoms with Crippen LogP contribution in [0.2, 0.25) is 0 Å². The van der Waals surface area contributed by atoms with Crippen LogP contribution < -0.4 is 15.2 Å². The van der Waals surface area contributed by atoms with E-state index in [0.717, 1.165) is 34.4 Å². The fourth-order valence-electron chi connectivity index (χ4n) is 1.49. The molecule has 1 atom stereocenters. The van der Waals surface area contributed by atoms with Crippen LogP contribution in [0.1, 0.15) is 25.8 Å². The molecule has 96 valence electrons. The van der Waals surface area contributed by atoms with Gasteiger partial charge in [0, 0.05) is 0 Å². The summed E-state index contributed by atoms with van der Waals surface area (Å²) < 4.78 is 12.1. The third-order valence-corrected chi connectivity index (χ3v) is 3.27. The van der Waals surface area contributed by atoms with Crippen molar-refractivity contribution < 1.29 is 9.47 Å². The molecule has 1 unspecified atom stereocenters. The summed E-state index contributed by atoms with van der Waals surface area (Å²) in [6.07, 6.45) is 1.97. The quantitative estimate of drug-likeness (QED) is 0.878. The van der Waals surface area contributed by atoms with Gasteiger partial charge in [-0.05, 0) is 59.9 Å². The van der Waals surface area contributed by atoms with Gasteiger partial charge in [-0.3, -0.25) is 0 Å². The monoisotopic (exact) mass is 301 g/mol. The first kappa shape index (κ1) is 14.3. The van der Waals surface area contributed by atoms with E-state index in [9.17, 15) is 0 Å². The molecule has 0 radical (unpaired) electrons. The molecule has 0 aliphatic carbocycles. The first-order valence-corrected chi connectivity index (χ1v) is 6.64. The average Bonchev–Trinajstić information content (AvgIpc) is 2.32. The van der Waals surface area contributed by atoms with Gasteiger partial charge in [0.1, 0.15) is 11.5 Å². The zero-order valence-electron chi connectivity index (χ0n) is 10.6. The second-order valence-electron chi connectivity index (χ2n) is 3.97. The summed E-state index contributed by atoms with van der Waals surface area (Å²) in [6, 6.07) is 3.94. The molecule has 0 amide bonds. The van der Waals surface area contributed by atoms with E-state index in [1.165, 1.54) is 0 Å². The Labute approximate surface area is 111 Å². The smallest absolute Gasteiger partial charge is 0.133 e. The number of halogens is 1. The molecular weight excluding hydrogens is 282 g/mol. The molecule has 0 heterocycles. The minimum atomic E-state index is 0.201. The summed E-state index contributed by atoms with van der Waals surface area (Å²) in [7, 11) is 1.65. The first-order valence-electron chi connectivity index (χ1n) is 5.85. The van der Waals surface area contributed by atoms with Gasteiger partial charge < -0.3 is 15.2 Å². The van der Waals surface area contributed by atoms with E-state index in [0.29, 0.717) is 6.54 Å². The number of methoxy groups -OCH3 is 1. The van der Waals surface area contributed by atoms with Crippen LogP contribution in [0.15, 0.2) is 16.6 Å². The van der Waals surface area contributed by atoms with Gasteiger partial charge in [-0.25, -0.2) is 0 Å². The van der Waals surface area contributed by atoms with Crippen molar-refractivity contribution >= 4 is 15.9 Å². The Bertz CT molecular complexity index is 369. The van der Waals surface area contributed by atoms with Gasteiger partial charge >= 0.3 is 0 Å². The maximum atomic E-state index is 5.89. The van der Waals surface area contributed by atoms with Crippen molar-refractivity contribution in [2.75, 3.05) is 13.7 Å². The Morgan fingerprint density at radius 3 is 2.59 bits per heavy atom. The van der Waals surface area contributed by atoms with Crippen molar-refractivity contribution in [2.24, 2.45) is 5.73 Å². The van der Waals surface area contributed by atoms with Crippen LogP contribution in [-0.4, -0.2) is 19.8 Å². The first-order chi connectivity index (χ1) is 8.12. The molecule has 0 bridgehead atoms. The molecule has 0 aliphatic heterocycles.